The topological polar surface area (TPSA) is 116 Å². The van der Waals surface area contributed by atoms with E-state index >= 15 is 0 Å². The van der Waals surface area contributed by atoms with E-state index in [-0.39, 0.29) is 18.4 Å². The molecule has 1 saturated heterocycles. The van der Waals surface area contributed by atoms with Gasteiger partial charge in [0.15, 0.2) is 0 Å². The number of esters is 1. The van der Waals surface area contributed by atoms with Gasteiger partial charge in [-0.05, 0) is 18.9 Å². The number of carbonyl (C=O) groups is 3. The van der Waals surface area contributed by atoms with E-state index < -0.39 is 24.1 Å². The molecule has 1 aliphatic heterocycles. The van der Waals surface area contributed by atoms with E-state index in [1.807, 2.05) is 30.3 Å². The first-order valence-corrected chi connectivity index (χ1v) is 9.10. The third kappa shape index (κ3) is 6.65. The molecule has 0 aliphatic carbocycles. The van der Waals surface area contributed by atoms with Crippen LogP contribution in [0.25, 0.3) is 0 Å². The van der Waals surface area contributed by atoms with Gasteiger partial charge in [-0.3, -0.25) is 19.7 Å². The highest BCUT2D eigenvalue weighted by molar-refractivity contribution is 5.97. The molecule has 1 heterocycles. The second-order valence-electron chi connectivity index (χ2n) is 6.26. The van der Waals surface area contributed by atoms with Crippen molar-refractivity contribution in [3.05, 3.63) is 35.9 Å². The molecule has 1 aromatic rings. The van der Waals surface area contributed by atoms with Gasteiger partial charge in [-0.1, -0.05) is 30.3 Å². The first kappa shape index (κ1) is 20.9. The van der Waals surface area contributed by atoms with Crippen LogP contribution in [-0.4, -0.2) is 62.8 Å². The molecule has 3 atom stereocenters. The summed E-state index contributed by atoms with van der Waals surface area (Å²) in [5, 5.41) is 8.34. The van der Waals surface area contributed by atoms with Crippen LogP contribution in [0, 0.1) is 0 Å². The van der Waals surface area contributed by atoms with Gasteiger partial charge in [0, 0.05) is 26.7 Å². The second kappa shape index (κ2) is 10.6. The van der Waals surface area contributed by atoms with E-state index in [2.05, 4.69) is 16.0 Å². The number of ether oxygens (including phenoxy) is 2. The Hall–Kier alpha value is -2.45. The minimum Gasteiger partial charge on any atom is -0.465 e. The number of benzene rings is 1. The van der Waals surface area contributed by atoms with Gasteiger partial charge in [0.1, 0.15) is 18.1 Å². The number of rotatable bonds is 11. The molecule has 0 saturated carbocycles. The highest BCUT2D eigenvalue weighted by atomic mass is 16.5. The lowest BCUT2D eigenvalue weighted by molar-refractivity contribution is -0.143. The largest absolute Gasteiger partial charge is 0.465 e. The molecule has 148 valence electrons. The number of methoxy groups -OCH3 is 1. The predicted molar refractivity (Wildman–Crippen MR) is 98.9 cm³/mol. The smallest absolute Gasteiger partial charge is 0.325 e. The summed E-state index contributed by atoms with van der Waals surface area (Å²) in [5.74, 6) is -1.11. The summed E-state index contributed by atoms with van der Waals surface area (Å²) >= 11 is 0. The normalized spacial score (nSPS) is 19.0. The summed E-state index contributed by atoms with van der Waals surface area (Å²) in [7, 11) is 1.60. The summed E-state index contributed by atoms with van der Waals surface area (Å²) in [6, 6.07) is 7.40. The third-order valence-corrected chi connectivity index (χ3v) is 4.15. The Kier molecular flexibility index (Phi) is 8.22. The zero-order valence-electron chi connectivity index (χ0n) is 15.7. The third-order valence-electron chi connectivity index (χ3n) is 4.15. The van der Waals surface area contributed by atoms with Crippen LogP contribution >= 0.6 is 0 Å². The minimum absolute atomic E-state index is 0.256. The lowest BCUT2D eigenvalue weighted by Crippen LogP contribution is -2.50. The van der Waals surface area contributed by atoms with Crippen LogP contribution in [-0.2, 0) is 30.3 Å². The molecular weight excluding hydrogens is 350 g/mol. The standard InChI is InChI=1S/C19H27N3O5/c1-3-27-19(25)16-15(22-16)18(24)21-14(12-13-8-5-4-6-9-13)17(23)20-10-7-11-26-2/h4-6,8-9,14-16,22H,3,7,10-12H2,1-2H3,(H,20,23)(H,21,24)/t14?,15-,16-/m1/s1. The fourth-order valence-electron chi connectivity index (χ4n) is 2.67. The summed E-state index contributed by atoms with van der Waals surface area (Å²) in [4.78, 5) is 36.6. The van der Waals surface area contributed by atoms with E-state index in [0.29, 0.717) is 26.0 Å². The number of hydrogen-bond acceptors (Lipinski definition) is 6. The van der Waals surface area contributed by atoms with Gasteiger partial charge in [0.05, 0.1) is 6.61 Å². The van der Waals surface area contributed by atoms with Crippen molar-refractivity contribution in [3.8, 4) is 0 Å². The molecule has 0 aromatic heterocycles. The van der Waals surface area contributed by atoms with Crippen molar-refractivity contribution in [1.29, 1.82) is 0 Å². The Morgan fingerprint density at radius 1 is 1.19 bits per heavy atom. The summed E-state index contributed by atoms with van der Waals surface area (Å²) in [6.07, 6.45) is 1.04. The fraction of sp³-hybridized carbons (Fsp3) is 0.526. The molecule has 0 spiro atoms. The lowest BCUT2D eigenvalue weighted by atomic mass is 10.0. The molecule has 8 nitrogen and oxygen atoms in total. The summed E-state index contributed by atoms with van der Waals surface area (Å²) in [5.41, 5.74) is 0.931. The van der Waals surface area contributed by atoms with Gasteiger partial charge in [-0.2, -0.15) is 0 Å². The van der Waals surface area contributed by atoms with Gasteiger partial charge in [0.2, 0.25) is 11.8 Å². The van der Waals surface area contributed by atoms with E-state index in [0.717, 1.165) is 5.56 Å². The number of amides is 2. The molecule has 1 aromatic carbocycles. The monoisotopic (exact) mass is 377 g/mol. The molecule has 1 fully saturated rings. The molecule has 1 aliphatic rings. The Morgan fingerprint density at radius 2 is 1.93 bits per heavy atom. The highest BCUT2D eigenvalue weighted by Gasteiger charge is 2.49. The van der Waals surface area contributed by atoms with Crippen molar-refractivity contribution in [3.63, 3.8) is 0 Å². The number of hydrogen-bond donors (Lipinski definition) is 3. The van der Waals surface area contributed by atoms with Gasteiger partial charge in [0.25, 0.3) is 0 Å². The fourth-order valence-corrected chi connectivity index (χ4v) is 2.67. The van der Waals surface area contributed by atoms with Crippen molar-refractivity contribution in [2.75, 3.05) is 26.9 Å². The molecule has 8 heteroatoms. The van der Waals surface area contributed by atoms with Crippen molar-refractivity contribution < 1.29 is 23.9 Å². The maximum absolute atomic E-state index is 12.5. The van der Waals surface area contributed by atoms with Crippen LogP contribution < -0.4 is 16.0 Å². The molecule has 3 N–H and O–H groups in total. The Bertz CT molecular complexity index is 637. The van der Waals surface area contributed by atoms with E-state index in [1.54, 1.807) is 14.0 Å². The quantitative estimate of drug-likeness (QED) is 0.279. The van der Waals surface area contributed by atoms with Crippen LogP contribution in [0.4, 0.5) is 0 Å². The Morgan fingerprint density at radius 3 is 2.59 bits per heavy atom. The average molecular weight is 377 g/mol. The van der Waals surface area contributed by atoms with Crippen molar-refractivity contribution in [2.24, 2.45) is 0 Å². The predicted octanol–water partition coefficient (Wildman–Crippen LogP) is -0.230. The maximum atomic E-state index is 12.5. The van der Waals surface area contributed by atoms with Gasteiger partial charge in [-0.15, -0.1) is 0 Å². The zero-order valence-corrected chi connectivity index (χ0v) is 15.7. The van der Waals surface area contributed by atoms with Crippen molar-refractivity contribution >= 4 is 17.8 Å². The maximum Gasteiger partial charge on any atom is 0.325 e. The SMILES string of the molecule is CCOC(=O)[C@@H]1N[C@H]1C(=O)NC(Cc1ccccc1)C(=O)NCCCOC. The van der Waals surface area contributed by atoms with Crippen molar-refractivity contribution in [2.45, 2.75) is 37.9 Å². The zero-order chi connectivity index (χ0) is 19.6. The van der Waals surface area contributed by atoms with Crippen LogP contribution in [0.3, 0.4) is 0 Å². The number of carbonyl (C=O) groups excluding carboxylic acids is 3. The van der Waals surface area contributed by atoms with E-state index in [1.165, 1.54) is 0 Å². The Balaban J connectivity index is 1.94. The van der Waals surface area contributed by atoms with Crippen molar-refractivity contribution in [1.82, 2.24) is 16.0 Å². The van der Waals surface area contributed by atoms with Gasteiger partial charge >= 0.3 is 5.97 Å². The summed E-state index contributed by atoms with van der Waals surface area (Å²) < 4.78 is 9.86. The van der Waals surface area contributed by atoms with E-state index in [9.17, 15) is 14.4 Å². The molecule has 27 heavy (non-hydrogen) atoms. The van der Waals surface area contributed by atoms with E-state index in [4.69, 9.17) is 9.47 Å². The van der Waals surface area contributed by atoms with Gasteiger partial charge in [-0.25, -0.2) is 0 Å². The average Bonchev–Trinajstić information content (AvgIpc) is 3.47. The first-order chi connectivity index (χ1) is 13.1. The van der Waals surface area contributed by atoms with Gasteiger partial charge < -0.3 is 20.1 Å². The molecule has 0 bridgehead atoms. The lowest BCUT2D eigenvalue weighted by Gasteiger charge is -2.18. The number of nitrogens with one attached hydrogen (secondary N) is 3. The Labute approximate surface area is 159 Å². The van der Waals surface area contributed by atoms with Crippen LogP contribution in [0.2, 0.25) is 0 Å². The second-order valence-corrected chi connectivity index (χ2v) is 6.26. The molecule has 2 rings (SSSR count). The molecule has 1 unspecified atom stereocenters. The molecule has 2 amide bonds. The molecule has 0 radical (unpaired) electrons. The highest BCUT2D eigenvalue weighted by Crippen LogP contribution is 2.14. The molecular formula is C19H27N3O5. The first-order valence-electron chi connectivity index (χ1n) is 9.10. The van der Waals surface area contributed by atoms with Crippen LogP contribution in [0.1, 0.15) is 18.9 Å². The summed E-state index contributed by atoms with van der Waals surface area (Å²) in [6.45, 7) is 2.97. The minimum atomic E-state index is -0.729. The van der Waals surface area contributed by atoms with Crippen LogP contribution in [0.15, 0.2) is 30.3 Å². The van der Waals surface area contributed by atoms with Crippen LogP contribution in [0.5, 0.6) is 0 Å².